The Kier molecular flexibility index (Phi) is 5.95. The highest BCUT2D eigenvalue weighted by Crippen LogP contribution is 2.34. The van der Waals surface area contributed by atoms with Crippen molar-refractivity contribution in [2.24, 2.45) is 5.10 Å². The lowest BCUT2D eigenvalue weighted by Gasteiger charge is -2.08. The van der Waals surface area contributed by atoms with Gasteiger partial charge in [0.25, 0.3) is 5.91 Å². The standard InChI is InChI=1S/C15H13BrClN3O3/c1-2-23-13-4-9(3-12(17)14(13)21)6-19-20-15(22)10-5-11(16)8-18-7-10/h3-8,21H,2H2,1H3,(H,20,22)/b19-6-. The zero-order chi connectivity index (χ0) is 16.8. The fraction of sp³-hybridized carbons (Fsp3) is 0.133. The van der Waals surface area contributed by atoms with Gasteiger partial charge in [-0.2, -0.15) is 5.10 Å². The fourth-order valence-corrected chi connectivity index (χ4v) is 2.28. The second-order valence-corrected chi connectivity index (χ2v) is 5.70. The molecule has 2 rings (SSSR count). The first kappa shape index (κ1) is 17.2. The number of aromatic hydroxyl groups is 1. The molecular weight excluding hydrogens is 386 g/mol. The van der Waals surface area contributed by atoms with Gasteiger partial charge in [-0.3, -0.25) is 9.78 Å². The van der Waals surface area contributed by atoms with Gasteiger partial charge in [-0.1, -0.05) is 11.6 Å². The number of rotatable bonds is 5. The molecule has 0 atom stereocenters. The second-order valence-electron chi connectivity index (χ2n) is 4.37. The van der Waals surface area contributed by atoms with E-state index >= 15 is 0 Å². The lowest BCUT2D eigenvalue weighted by Crippen LogP contribution is -2.17. The molecule has 0 aliphatic heterocycles. The van der Waals surface area contributed by atoms with Crippen LogP contribution < -0.4 is 10.2 Å². The predicted octanol–water partition coefficient (Wildman–Crippen LogP) is 3.37. The van der Waals surface area contributed by atoms with Crippen molar-refractivity contribution in [2.45, 2.75) is 6.92 Å². The van der Waals surface area contributed by atoms with Gasteiger partial charge in [0, 0.05) is 16.9 Å². The highest BCUT2D eigenvalue weighted by Gasteiger charge is 2.09. The highest BCUT2D eigenvalue weighted by molar-refractivity contribution is 9.10. The monoisotopic (exact) mass is 397 g/mol. The van der Waals surface area contributed by atoms with Crippen LogP contribution in [0.4, 0.5) is 0 Å². The van der Waals surface area contributed by atoms with Gasteiger partial charge in [-0.05, 0) is 46.6 Å². The number of nitrogens with zero attached hydrogens (tertiary/aromatic N) is 2. The Morgan fingerprint density at radius 2 is 2.26 bits per heavy atom. The van der Waals surface area contributed by atoms with Gasteiger partial charge >= 0.3 is 0 Å². The van der Waals surface area contributed by atoms with Crippen LogP contribution in [0.15, 0.2) is 40.2 Å². The van der Waals surface area contributed by atoms with E-state index < -0.39 is 5.91 Å². The van der Waals surface area contributed by atoms with Gasteiger partial charge in [0.05, 0.1) is 23.4 Å². The lowest BCUT2D eigenvalue weighted by atomic mass is 10.2. The van der Waals surface area contributed by atoms with Crippen LogP contribution in [-0.4, -0.2) is 28.8 Å². The number of nitrogens with one attached hydrogen (secondary N) is 1. The van der Waals surface area contributed by atoms with E-state index in [0.29, 0.717) is 22.2 Å². The number of phenols is 1. The Labute approximate surface area is 146 Å². The molecule has 8 heteroatoms. The largest absolute Gasteiger partial charge is 0.503 e. The molecule has 0 saturated heterocycles. The number of amides is 1. The first-order valence-electron chi connectivity index (χ1n) is 6.60. The Morgan fingerprint density at radius 1 is 1.48 bits per heavy atom. The Bertz CT molecular complexity index is 753. The summed E-state index contributed by atoms with van der Waals surface area (Å²) < 4.78 is 5.97. The van der Waals surface area contributed by atoms with E-state index in [4.69, 9.17) is 16.3 Å². The predicted molar refractivity (Wildman–Crippen MR) is 91.3 cm³/mol. The van der Waals surface area contributed by atoms with Crippen LogP contribution in [0.25, 0.3) is 0 Å². The van der Waals surface area contributed by atoms with Crippen molar-refractivity contribution in [3.05, 3.63) is 51.2 Å². The quantitative estimate of drug-likeness (QED) is 0.597. The van der Waals surface area contributed by atoms with E-state index in [0.717, 1.165) is 0 Å². The second kappa shape index (κ2) is 7.94. The molecular formula is C15H13BrClN3O3. The van der Waals surface area contributed by atoms with E-state index in [1.807, 2.05) is 0 Å². The number of hydrogen-bond acceptors (Lipinski definition) is 5. The normalized spacial score (nSPS) is 10.7. The maximum Gasteiger partial charge on any atom is 0.272 e. The van der Waals surface area contributed by atoms with E-state index in [-0.39, 0.29) is 16.5 Å². The zero-order valence-corrected chi connectivity index (χ0v) is 14.4. The minimum atomic E-state index is -0.398. The molecule has 2 aromatic rings. The van der Waals surface area contributed by atoms with Gasteiger partial charge in [0.2, 0.25) is 0 Å². The summed E-state index contributed by atoms with van der Waals surface area (Å²) in [6.07, 6.45) is 4.41. The number of carbonyl (C=O) groups is 1. The molecule has 2 N–H and O–H groups in total. The molecule has 0 unspecified atom stereocenters. The maximum absolute atomic E-state index is 11.9. The van der Waals surface area contributed by atoms with E-state index in [1.54, 1.807) is 25.3 Å². The number of hydrogen-bond donors (Lipinski definition) is 2. The molecule has 0 bridgehead atoms. The summed E-state index contributed by atoms with van der Waals surface area (Å²) in [5, 5.41) is 13.8. The first-order chi connectivity index (χ1) is 11.0. The molecule has 0 saturated carbocycles. The van der Waals surface area contributed by atoms with Crippen LogP contribution in [-0.2, 0) is 0 Å². The molecule has 0 aliphatic rings. The third-order valence-corrected chi connectivity index (χ3v) is 3.42. The number of benzene rings is 1. The minimum absolute atomic E-state index is 0.130. The van der Waals surface area contributed by atoms with Gasteiger partial charge in [-0.15, -0.1) is 0 Å². The number of halogens is 2. The summed E-state index contributed by atoms with van der Waals surface area (Å²) in [5.41, 5.74) is 3.33. The molecule has 1 amide bonds. The average molecular weight is 399 g/mol. The van der Waals surface area contributed by atoms with Gasteiger partial charge in [0.1, 0.15) is 0 Å². The highest BCUT2D eigenvalue weighted by atomic mass is 79.9. The lowest BCUT2D eigenvalue weighted by molar-refractivity contribution is 0.0954. The molecule has 1 aromatic heterocycles. The van der Waals surface area contributed by atoms with Crippen LogP contribution in [0.2, 0.25) is 5.02 Å². The Morgan fingerprint density at radius 3 is 2.96 bits per heavy atom. The van der Waals surface area contributed by atoms with Gasteiger partial charge < -0.3 is 9.84 Å². The average Bonchev–Trinajstić information content (AvgIpc) is 2.52. The molecule has 1 heterocycles. The molecule has 0 spiro atoms. The minimum Gasteiger partial charge on any atom is -0.503 e. The molecule has 0 radical (unpaired) electrons. The zero-order valence-electron chi connectivity index (χ0n) is 12.1. The van der Waals surface area contributed by atoms with Crippen LogP contribution in [0.3, 0.4) is 0 Å². The number of ether oxygens (including phenoxy) is 1. The molecule has 0 fully saturated rings. The Balaban J connectivity index is 2.10. The topological polar surface area (TPSA) is 83.8 Å². The smallest absolute Gasteiger partial charge is 0.272 e. The molecule has 1 aromatic carbocycles. The van der Waals surface area contributed by atoms with Crippen LogP contribution >= 0.6 is 27.5 Å². The van der Waals surface area contributed by atoms with E-state index in [9.17, 15) is 9.90 Å². The van der Waals surface area contributed by atoms with E-state index in [1.165, 1.54) is 18.5 Å². The molecule has 120 valence electrons. The summed E-state index contributed by atoms with van der Waals surface area (Å²) in [7, 11) is 0. The summed E-state index contributed by atoms with van der Waals surface area (Å²) in [5.74, 6) is -0.274. The Hall–Kier alpha value is -2.12. The third-order valence-electron chi connectivity index (χ3n) is 2.70. The van der Waals surface area contributed by atoms with Crippen molar-refractivity contribution in [3.8, 4) is 11.5 Å². The molecule has 0 aliphatic carbocycles. The summed E-state index contributed by atoms with van der Waals surface area (Å²) in [4.78, 5) is 15.8. The van der Waals surface area contributed by atoms with Crippen molar-refractivity contribution >= 4 is 39.7 Å². The van der Waals surface area contributed by atoms with Crippen LogP contribution in [0, 0.1) is 0 Å². The van der Waals surface area contributed by atoms with Crippen molar-refractivity contribution in [1.82, 2.24) is 10.4 Å². The number of pyridine rings is 1. The van der Waals surface area contributed by atoms with Crippen molar-refractivity contribution < 1.29 is 14.6 Å². The fourth-order valence-electron chi connectivity index (χ4n) is 1.70. The van der Waals surface area contributed by atoms with Crippen LogP contribution in [0.1, 0.15) is 22.8 Å². The number of hydrazone groups is 1. The van der Waals surface area contributed by atoms with Gasteiger partial charge in [-0.25, -0.2) is 5.43 Å². The molecule has 23 heavy (non-hydrogen) atoms. The summed E-state index contributed by atoms with van der Waals surface area (Å²) >= 11 is 9.16. The summed E-state index contributed by atoms with van der Waals surface area (Å²) in [6.45, 7) is 2.18. The number of aromatic nitrogens is 1. The SMILES string of the molecule is CCOc1cc(/C=N\NC(=O)c2cncc(Br)c2)cc(Cl)c1O. The van der Waals surface area contributed by atoms with E-state index in [2.05, 4.69) is 31.4 Å². The summed E-state index contributed by atoms with van der Waals surface area (Å²) in [6, 6.07) is 4.71. The van der Waals surface area contributed by atoms with Crippen molar-refractivity contribution in [3.63, 3.8) is 0 Å². The first-order valence-corrected chi connectivity index (χ1v) is 7.77. The number of carbonyl (C=O) groups excluding carboxylic acids is 1. The van der Waals surface area contributed by atoms with Crippen molar-refractivity contribution in [2.75, 3.05) is 6.61 Å². The third kappa shape index (κ3) is 4.67. The number of phenolic OH excluding ortho intramolecular Hbond substituents is 1. The van der Waals surface area contributed by atoms with Crippen LogP contribution in [0.5, 0.6) is 11.5 Å². The van der Waals surface area contributed by atoms with Gasteiger partial charge in [0.15, 0.2) is 11.5 Å². The van der Waals surface area contributed by atoms with Crippen molar-refractivity contribution in [1.29, 1.82) is 0 Å². The maximum atomic E-state index is 11.9. The molecule has 6 nitrogen and oxygen atoms in total.